The molecule has 1 aliphatic heterocycles. The molecule has 0 radical (unpaired) electrons. The van der Waals surface area contributed by atoms with Crippen molar-refractivity contribution >= 4 is 28.7 Å². The average molecular weight is 377 g/mol. The van der Waals surface area contributed by atoms with Crippen LogP contribution in [0.3, 0.4) is 0 Å². The second-order valence-electron chi connectivity index (χ2n) is 6.64. The van der Waals surface area contributed by atoms with E-state index >= 15 is 0 Å². The summed E-state index contributed by atoms with van der Waals surface area (Å²) in [5.41, 5.74) is 4.59. The van der Waals surface area contributed by atoms with Crippen LogP contribution in [0.25, 0.3) is 5.69 Å². The van der Waals surface area contributed by atoms with Crippen molar-refractivity contribution in [3.63, 3.8) is 0 Å². The van der Waals surface area contributed by atoms with E-state index < -0.39 is 6.10 Å². The van der Waals surface area contributed by atoms with Crippen molar-refractivity contribution in [2.24, 2.45) is 0 Å². The molecule has 5 nitrogen and oxygen atoms in total. The number of aromatic nitrogens is 2. The minimum Gasteiger partial charge on any atom is -0.383 e. The standard InChI is InChI=1S/C21H19N3O2S/c1-13-4-2-3-5-17(13)24-11-10-22-21(24)20(27)19(26)15-6-8-16-14(12-15)7-9-18(25)23-16/h2-6,8,10-12,19,26H,7,9H2,1H3,(H,23,25). The van der Waals surface area contributed by atoms with Crippen molar-refractivity contribution in [1.29, 1.82) is 0 Å². The molecule has 1 atom stereocenters. The predicted octanol–water partition coefficient (Wildman–Crippen LogP) is 3.52. The minimum atomic E-state index is -0.951. The smallest absolute Gasteiger partial charge is 0.224 e. The van der Waals surface area contributed by atoms with Gasteiger partial charge in [-0.3, -0.25) is 9.36 Å². The van der Waals surface area contributed by atoms with Gasteiger partial charge < -0.3 is 10.4 Å². The number of fused-ring (bicyclic) bond motifs is 1. The SMILES string of the molecule is Cc1ccccc1-n1ccnc1C(=S)C(O)c1ccc2c(c1)CCC(=O)N2. The van der Waals surface area contributed by atoms with Gasteiger partial charge in [0, 0.05) is 30.2 Å². The van der Waals surface area contributed by atoms with E-state index in [1.165, 1.54) is 0 Å². The average Bonchev–Trinajstić information content (AvgIpc) is 3.16. The highest BCUT2D eigenvalue weighted by molar-refractivity contribution is 7.80. The Morgan fingerprint density at radius 3 is 2.89 bits per heavy atom. The van der Waals surface area contributed by atoms with Crippen LogP contribution in [0.1, 0.15) is 35.0 Å². The monoisotopic (exact) mass is 377 g/mol. The number of aliphatic hydroxyl groups excluding tert-OH is 1. The van der Waals surface area contributed by atoms with Gasteiger partial charge in [0.15, 0.2) is 5.82 Å². The van der Waals surface area contributed by atoms with Gasteiger partial charge >= 0.3 is 0 Å². The summed E-state index contributed by atoms with van der Waals surface area (Å²) in [4.78, 5) is 16.3. The molecule has 2 N–H and O–H groups in total. The molecular weight excluding hydrogens is 358 g/mol. The van der Waals surface area contributed by atoms with Crippen LogP contribution >= 0.6 is 12.2 Å². The Balaban J connectivity index is 1.66. The van der Waals surface area contributed by atoms with Crippen LogP contribution in [0.5, 0.6) is 0 Å². The van der Waals surface area contributed by atoms with E-state index in [0.717, 1.165) is 22.5 Å². The van der Waals surface area contributed by atoms with E-state index in [2.05, 4.69) is 10.3 Å². The Hall–Kier alpha value is -2.83. The zero-order valence-electron chi connectivity index (χ0n) is 14.8. The number of hydrogen-bond donors (Lipinski definition) is 2. The van der Waals surface area contributed by atoms with Gasteiger partial charge in [-0.15, -0.1) is 0 Å². The zero-order valence-corrected chi connectivity index (χ0v) is 15.7. The molecule has 0 aliphatic carbocycles. The topological polar surface area (TPSA) is 67.1 Å². The van der Waals surface area contributed by atoms with Crippen LogP contribution in [0.15, 0.2) is 54.9 Å². The number of anilines is 1. The summed E-state index contributed by atoms with van der Waals surface area (Å²) in [6.07, 6.45) is 3.69. The molecule has 0 bridgehead atoms. The van der Waals surface area contributed by atoms with Crippen molar-refractivity contribution in [2.75, 3.05) is 5.32 Å². The molecule has 0 saturated heterocycles. The van der Waals surface area contributed by atoms with Gasteiger partial charge in [-0.05, 0) is 42.2 Å². The first-order valence-electron chi connectivity index (χ1n) is 8.79. The Kier molecular flexibility index (Phi) is 4.59. The van der Waals surface area contributed by atoms with Crippen LogP contribution in [0, 0.1) is 6.92 Å². The second kappa shape index (κ2) is 7.06. The lowest BCUT2D eigenvalue weighted by molar-refractivity contribution is -0.116. The van der Waals surface area contributed by atoms with E-state index in [1.54, 1.807) is 12.3 Å². The van der Waals surface area contributed by atoms with Crippen molar-refractivity contribution in [3.05, 3.63) is 77.4 Å². The van der Waals surface area contributed by atoms with E-state index in [4.69, 9.17) is 12.2 Å². The molecule has 1 aliphatic rings. The molecule has 3 aromatic rings. The van der Waals surface area contributed by atoms with Crippen LogP contribution in [-0.2, 0) is 11.2 Å². The van der Waals surface area contributed by atoms with Crippen LogP contribution < -0.4 is 5.32 Å². The highest BCUT2D eigenvalue weighted by atomic mass is 32.1. The maximum absolute atomic E-state index is 11.5. The Morgan fingerprint density at radius 2 is 2.07 bits per heavy atom. The van der Waals surface area contributed by atoms with E-state index in [1.807, 2.05) is 54.1 Å². The van der Waals surface area contributed by atoms with Gasteiger partial charge in [0.1, 0.15) is 6.10 Å². The Labute approximate surface area is 162 Å². The number of carbonyl (C=O) groups excluding carboxylic acids is 1. The number of hydrogen-bond acceptors (Lipinski definition) is 4. The molecule has 27 heavy (non-hydrogen) atoms. The maximum Gasteiger partial charge on any atom is 0.224 e. The first-order chi connectivity index (χ1) is 13.0. The number of thiocarbonyl (C=S) groups is 1. The number of carbonyl (C=O) groups is 1. The fourth-order valence-electron chi connectivity index (χ4n) is 3.36. The van der Waals surface area contributed by atoms with E-state index in [9.17, 15) is 9.90 Å². The summed E-state index contributed by atoms with van der Waals surface area (Å²) in [5, 5.41) is 13.7. The highest BCUT2D eigenvalue weighted by Crippen LogP contribution is 2.28. The quantitative estimate of drug-likeness (QED) is 0.539. The number of nitrogens with one attached hydrogen (secondary N) is 1. The fourth-order valence-corrected chi connectivity index (χ4v) is 3.65. The summed E-state index contributed by atoms with van der Waals surface area (Å²) in [7, 11) is 0. The van der Waals surface area contributed by atoms with Gasteiger partial charge in [0.2, 0.25) is 5.91 Å². The summed E-state index contributed by atoms with van der Waals surface area (Å²) >= 11 is 5.58. The van der Waals surface area contributed by atoms with Gasteiger partial charge in [-0.1, -0.05) is 42.5 Å². The third kappa shape index (κ3) is 3.29. The molecule has 2 aromatic carbocycles. The van der Waals surface area contributed by atoms with Crippen molar-refractivity contribution in [2.45, 2.75) is 25.9 Å². The van der Waals surface area contributed by atoms with Crippen LogP contribution in [0.2, 0.25) is 0 Å². The second-order valence-corrected chi connectivity index (χ2v) is 7.08. The molecule has 0 spiro atoms. The summed E-state index contributed by atoms with van der Waals surface area (Å²) in [5.74, 6) is 0.574. The summed E-state index contributed by atoms with van der Waals surface area (Å²) in [6.45, 7) is 2.02. The molecular formula is C21H19N3O2S. The number of aliphatic hydroxyl groups is 1. The lowest BCUT2D eigenvalue weighted by atomic mass is 9.97. The molecule has 0 fully saturated rings. The largest absolute Gasteiger partial charge is 0.383 e. The Morgan fingerprint density at radius 1 is 1.26 bits per heavy atom. The number of benzene rings is 2. The fraction of sp³-hybridized carbons (Fsp3) is 0.190. The third-order valence-corrected chi connectivity index (χ3v) is 5.23. The number of para-hydroxylation sites is 1. The lowest BCUT2D eigenvalue weighted by Crippen LogP contribution is -2.20. The molecule has 1 amide bonds. The molecule has 0 saturated carbocycles. The molecule has 2 heterocycles. The third-order valence-electron chi connectivity index (χ3n) is 4.82. The lowest BCUT2D eigenvalue weighted by Gasteiger charge is -2.20. The van der Waals surface area contributed by atoms with Gasteiger partial charge in [-0.25, -0.2) is 4.98 Å². The summed E-state index contributed by atoms with van der Waals surface area (Å²) in [6, 6.07) is 13.5. The number of imidazole rings is 1. The minimum absolute atomic E-state index is 0.0200. The number of aryl methyl sites for hydroxylation is 2. The van der Waals surface area contributed by atoms with Crippen LogP contribution in [-0.4, -0.2) is 25.4 Å². The number of nitrogens with zero attached hydrogens (tertiary/aromatic N) is 2. The first kappa shape index (κ1) is 17.6. The van der Waals surface area contributed by atoms with Gasteiger partial charge in [0.05, 0.1) is 4.86 Å². The van der Waals surface area contributed by atoms with E-state index in [-0.39, 0.29) is 5.91 Å². The normalized spacial score (nSPS) is 14.4. The van der Waals surface area contributed by atoms with Crippen LogP contribution in [0.4, 0.5) is 5.69 Å². The maximum atomic E-state index is 11.5. The molecule has 136 valence electrons. The predicted molar refractivity (Wildman–Crippen MR) is 108 cm³/mol. The van der Waals surface area contributed by atoms with E-state index in [0.29, 0.717) is 29.1 Å². The molecule has 4 rings (SSSR count). The van der Waals surface area contributed by atoms with Crippen molar-refractivity contribution in [1.82, 2.24) is 9.55 Å². The van der Waals surface area contributed by atoms with Crippen molar-refractivity contribution < 1.29 is 9.90 Å². The molecule has 1 aromatic heterocycles. The van der Waals surface area contributed by atoms with Gasteiger partial charge in [-0.2, -0.15) is 0 Å². The van der Waals surface area contributed by atoms with Crippen molar-refractivity contribution in [3.8, 4) is 5.69 Å². The number of rotatable bonds is 4. The highest BCUT2D eigenvalue weighted by Gasteiger charge is 2.23. The molecule has 6 heteroatoms. The van der Waals surface area contributed by atoms with Gasteiger partial charge in [0.25, 0.3) is 0 Å². The summed E-state index contributed by atoms with van der Waals surface area (Å²) < 4.78 is 1.90. The Bertz CT molecular complexity index is 1040. The zero-order chi connectivity index (χ0) is 19.0. The first-order valence-corrected chi connectivity index (χ1v) is 9.20. The molecule has 1 unspecified atom stereocenters. The number of amides is 1.